The average molecular weight is 275 g/mol. The van der Waals surface area contributed by atoms with E-state index in [-0.39, 0.29) is 17.9 Å². The third kappa shape index (κ3) is 2.12. The molecule has 20 heavy (non-hydrogen) atoms. The van der Waals surface area contributed by atoms with E-state index in [4.69, 9.17) is 4.74 Å². The van der Waals surface area contributed by atoms with Gasteiger partial charge >= 0.3 is 5.97 Å². The Morgan fingerprint density at radius 1 is 1.35 bits per heavy atom. The fourth-order valence-corrected chi connectivity index (χ4v) is 2.75. The minimum Gasteiger partial charge on any atom is -0.476 e. The molecule has 0 aromatic carbocycles. The van der Waals surface area contributed by atoms with Gasteiger partial charge in [0.15, 0.2) is 11.5 Å². The van der Waals surface area contributed by atoms with Gasteiger partial charge in [0.25, 0.3) is 0 Å². The van der Waals surface area contributed by atoms with Crippen LogP contribution in [0.15, 0.2) is 24.4 Å². The first-order valence-corrected chi connectivity index (χ1v) is 6.67. The number of ether oxygens (including phenoxy) is 1. The van der Waals surface area contributed by atoms with Gasteiger partial charge in [-0.15, -0.1) is 0 Å². The van der Waals surface area contributed by atoms with E-state index in [0.29, 0.717) is 24.6 Å². The maximum absolute atomic E-state index is 11.6. The highest BCUT2D eigenvalue weighted by atomic mass is 16.5. The second-order valence-electron chi connectivity index (χ2n) is 5.18. The topological polar surface area (TPSA) is 67.1 Å². The second-order valence-corrected chi connectivity index (χ2v) is 5.18. The molecule has 0 aliphatic carbocycles. The SMILES string of the molecule is CC1CN(c2nc3ccccn3c2C(=O)O)CC(C)O1. The normalized spacial score (nSPS) is 23.2. The molecule has 3 heterocycles. The molecule has 1 aliphatic heterocycles. The van der Waals surface area contributed by atoms with E-state index < -0.39 is 5.97 Å². The number of nitrogens with zero attached hydrogens (tertiary/aromatic N) is 3. The number of carboxylic acids is 1. The number of aromatic carboxylic acids is 1. The maximum atomic E-state index is 11.6. The van der Waals surface area contributed by atoms with Crippen molar-refractivity contribution in [2.75, 3.05) is 18.0 Å². The average Bonchev–Trinajstić information content (AvgIpc) is 2.76. The molecule has 1 fully saturated rings. The predicted molar refractivity (Wildman–Crippen MR) is 74.4 cm³/mol. The minimum atomic E-state index is -0.967. The van der Waals surface area contributed by atoms with Crippen LogP contribution in [0.25, 0.3) is 5.65 Å². The van der Waals surface area contributed by atoms with E-state index in [2.05, 4.69) is 4.98 Å². The Kier molecular flexibility index (Phi) is 3.10. The molecule has 0 amide bonds. The second kappa shape index (κ2) is 4.79. The van der Waals surface area contributed by atoms with Crippen molar-refractivity contribution in [3.05, 3.63) is 30.1 Å². The molecule has 0 saturated carbocycles. The van der Waals surface area contributed by atoms with E-state index in [1.165, 1.54) is 0 Å². The Bertz CT molecular complexity index is 642. The number of pyridine rings is 1. The monoisotopic (exact) mass is 275 g/mol. The number of aromatic nitrogens is 2. The number of carbonyl (C=O) groups is 1. The molecule has 0 radical (unpaired) electrons. The third-order valence-electron chi connectivity index (χ3n) is 3.43. The number of carboxylic acid groups (broad SMARTS) is 1. The Labute approximate surface area is 116 Å². The highest BCUT2D eigenvalue weighted by molar-refractivity contribution is 5.93. The van der Waals surface area contributed by atoms with Crippen molar-refractivity contribution >= 4 is 17.4 Å². The van der Waals surface area contributed by atoms with Gasteiger partial charge in [0.05, 0.1) is 12.2 Å². The molecule has 2 unspecified atom stereocenters. The van der Waals surface area contributed by atoms with Crippen LogP contribution in [0.5, 0.6) is 0 Å². The summed E-state index contributed by atoms with van der Waals surface area (Å²) in [5.41, 5.74) is 0.855. The quantitative estimate of drug-likeness (QED) is 0.902. The van der Waals surface area contributed by atoms with Gasteiger partial charge in [0.2, 0.25) is 0 Å². The molecule has 0 spiro atoms. The van der Waals surface area contributed by atoms with Gasteiger partial charge in [-0.05, 0) is 26.0 Å². The van der Waals surface area contributed by atoms with Gasteiger partial charge in [-0.2, -0.15) is 0 Å². The van der Waals surface area contributed by atoms with E-state index in [1.807, 2.05) is 30.9 Å². The predicted octanol–water partition coefficient (Wildman–Crippen LogP) is 1.65. The summed E-state index contributed by atoms with van der Waals surface area (Å²) in [6.07, 6.45) is 1.85. The number of imidazole rings is 1. The molecule has 6 heteroatoms. The van der Waals surface area contributed by atoms with Crippen molar-refractivity contribution in [1.29, 1.82) is 0 Å². The lowest BCUT2D eigenvalue weighted by atomic mass is 10.2. The Balaban J connectivity index is 2.10. The number of anilines is 1. The number of morpholine rings is 1. The summed E-state index contributed by atoms with van der Waals surface area (Å²) < 4.78 is 7.30. The van der Waals surface area contributed by atoms with Crippen LogP contribution in [0.4, 0.5) is 5.82 Å². The van der Waals surface area contributed by atoms with Crippen LogP contribution in [-0.2, 0) is 4.74 Å². The summed E-state index contributed by atoms with van der Waals surface area (Å²) >= 11 is 0. The fourth-order valence-electron chi connectivity index (χ4n) is 2.75. The summed E-state index contributed by atoms with van der Waals surface area (Å²) in [6, 6.07) is 5.46. The molecule has 2 atom stereocenters. The van der Waals surface area contributed by atoms with Crippen LogP contribution in [-0.4, -0.2) is 45.8 Å². The van der Waals surface area contributed by atoms with Gasteiger partial charge in [-0.25, -0.2) is 9.78 Å². The van der Waals surface area contributed by atoms with E-state index in [9.17, 15) is 9.90 Å². The van der Waals surface area contributed by atoms with Crippen LogP contribution < -0.4 is 4.90 Å². The lowest BCUT2D eigenvalue weighted by Crippen LogP contribution is -2.46. The first-order valence-electron chi connectivity index (χ1n) is 6.67. The van der Waals surface area contributed by atoms with Crippen molar-refractivity contribution in [2.45, 2.75) is 26.1 Å². The highest BCUT2D eigenvalue weighted by Crippen LogP contribution is 2.25. The van der Waals surface area contributed by atoms with Gasteiger partial charge in [0.1, 0.15) is 5.65 Å². The summed E-state index contributed by atoms with van der Waals surface area (Å²) in [7, 11) is 0. The van der Waals surface area contributed by atoms with Crippen molar-refractivity contribution in [3.63, 3.8) is 0 Å². The molecular formula is C14H17N3O3. The zero-order valence-electron chi connectivity index (χ0n) is 11.5. The van der Waals surface area contributed by atoms with Crippen LogP contribution in [0.1, 0.15) is 24.3 Å². The molecule has 106 valence electrons. The van der Waals surface area contributed by atoms with E-state index in [1.54, 1.807) is 16.7 Å². The van der Waals surface area contributed by atoms with Gasteiger partial charge in [-0.1, -0.05) is 6.07 Å². The van der Waals surface area contributed by atoms with Crippen molar-refractivity contribution in [2.24, 2.45) is 0 Å². The smallest absolute Gasteiger partial charge is 0.356 e. The number of hydrogen-bond acceptors (Lipinski definition) is 4. The standard InChI is InChI=1S/C14H17N3O3/c1-9-7-16(8-10(2)20-9)13-12(14(18)19)17-6-4-3-5-11(17)15-13/h3-6,9-10H,7-8H2,1-2H3,(H,18,19). The summed E-state index contributed by atoms with van der Waals surface area (Å²) in [6.45, 7) is 5.26. The summed E-state index contributed by atoms with van der Waals surface area (Å²) in [5.74, 6) is -0.448. The Morgan fingerprint density at radius 2 is 2.05 bits per heavy atom. The maximum Gasteiger partial charge on any atom is 0.356 e. The van der Waals surface area contributed by atoms with Crippen molar-refractivity contribution in [1.82, 2.24) is 9.38 Å². The molecule has 0 bridgehead atoms. The molecule has 6 nitrogen and oxygen atoms in total. The first-order chi connectivity index (χ1) is 9.56. The Morgan fingerprint density at radius 3 is 2.70 bits per heavy atom. The number of fused-ring (bicyclic) bond motifs is 1. The minimum absolute atomic E-state index is 0.0604. The highest BCUT2D eigenvalue weighted by Gasteiger charge is 2.29. The lowest BCUT2D eigenvalue weighted by Gasteiger charge is -2.35. The van der Waals surface area contributed by atoms with Crippen molar-refractivity contribution in [3.8, 4) is 0 Å². The van der Waals surface area contributed by atoms with Gasteiger partial charge in [-0.3, -0.25) is 4.40 Å². The zero-order chi connectivity index (χ0) is 14.3. The number of rotatable bonds is 2. The van der Waals surface area contributed by atoms with Gasteiger partial charge in [0, 0.05) is 19.3 Å². The van der Waals surface area contributed by atoms with Crippen LogP contribution >= 0.6 is 0 Å². The van der Waals surface area contributed by atoms with Crippen LogP contribution in [0.2, 0.25) is 0 Å². The molecule has 2 aromatic heterocycles. The Hall–Kier alpha value is -2.08. The summed E-state index contributed by atoms with van der Waals surface area (Å²) in [4.78, 5) is 18.1. The first kappa shape index (κ1) is 12.9. The van der Waals surface area contributed by atoms with Gasteiger partial charge < -0.3 is 14.7 Å². The zero-order valence-corrected chi connectivity index (χ0v) is 11.5. The fraction of sp³-hybridized carbons (Fsp3) is 0.429. The number of hydrogen-bond donors (Lipinski definition) is 1. The van der Waals surface area contributed by atoms with Crippen molar-refractivity contribution < 1.29 is 14.6 Å². The molecule has 2 aromatic rings. The van der Waals surface area contributed by atoms with Crippen LogP contribution in [0, 0.1) is 0 Å². The molecule has 1 N–H and O–H groups in total. The molecule has 3 rings (SSSR count). The largest absolute Gasteiger partial charge is 0.476 e. The third-order valence-corrected chi connectivity index (χ3v) is 3.43. The van der Waals surface area contributed by atoms with E-state index >= 15 is 0 Å². The molecule has 1 aliphatic rings. The lowest BCUT2D eigenvalue weighted by molar-refractivity contribution is -0.00554. The molecular weight excluding hydrogens is 258 g/mol. The van der Waals surface area contributed by atoms with E-state index in [0.717, 1.165) is 0 Å². The molecule has 1 saturated heterocycles. The summed E-state index contributed by atoms with van der Waals surface area (Å²) in [5, 5.41) is 9.50. The van der Waals surface area contributed by atoms with Crippen LogP contribution in [0.3, 0.4) is 0 Å².